The van der Waals surface area contributed by atoms with Crippen LogP contribution in [0.3, 0.4) is 0 Å². The van der Waals surface area contributed by atoms with Gasteiger partial charge in [-0.25, -0.2) is 0 Å². The van der Waals surface area contributed by atoms with Gasteiger partial charge in [0.2, 0.25) is 5.91 Å². The molecule has 0 atom stereocenters. The maximum absolute atomic E-state index is 12.2. The molecule has 4 nitrogen and oxygen atoms in total. The van der Waals surface area contributed by atoms with Gasteiger partial charge in [-0.1, -0.05) is 15.9 Å². The van der Waals surface area contributed by atoms with Crippen molar-refractivity contribution in [3.8, 4) is 0 Å². The molecule has 1 saturated heterocycles. The van der Waals surface area contributed by atoms with Crippen LogP contribution in [-0.4, -0.2) is 43.7 Å². The highest BCUT2D eigenvalue weighted by Gasteiger charge is 2.13. The Labute approximate surface area is 148 Å². The van der Waals surface area contributed by atoms with Crippen LogP contribution in [0.2, 0.25) is 0 Å². The number of morpholine rings is 1. The molecular formula is C15H20BrIN2O2. The van der Waals surface area contributed by atoms with Gasteiger partial charge in [-0.3, -0.25) is 12.8 Å². The third-order valence-corrected chi connectivity index (χ3v) is 5.11. The number of hydrogen-bond donors (Lipinski definition) is 0. The number of unbranched alkanes of at least 4 members (excludes halogenated alkanes) is 1. The average molecular weight is 467 g/mol. The number of carbonyl (C=O) groups is 1. The number of hydrogen-bond acceptors (Lipinski definition) is 3. The minimum atomic E-state index is 0.167. The third-order valence-electron chi connectivity index (χ3n) is 3.49. The van der Waals surface area contributed by atoms with Gasteiger partial charge < -0.3 is 4.74 Å². The molecule has 0 N–H and O–H groups in total. The molecule has 6 heteroatoms. The number of nitrogens with zero attached hydrogens (tertiary/aromatic N) is 2. The van der Waals surface area contributed by atoms with E-state index in [1.165, 1.54) is 0 Å². The van der Waals surface area contributed by atoms with Crippen molar-refractivity contribution < 1.29 is 9.53 Å². The molecule has 1 aromatic carbocycles. The summed E-state index contributed by atoms with van der Waals surface area (Å²) in [4.78, 5) is 14.6. The zero-order valence-corrected chi connectivity index (χ0v) is 15.7. The molecule has 0 unspecified atom stereocenters. The fourth-order valence-corrected chi connectivity index (χ4v) is 3.08. The Morgan fingerprint density at radius 2 is 1.90 bits per heavy atom. The first kappa shape index (κ1) is 17.2. The molecule has 2 rings (SSSR count). The molecule has 1 aliphatic rings. The maximum Gasteiger partial charge on any atom is 0.235 e. The summed E-state index contributed by atoms with van der Waals surface area (Å²) in [6, 6.07) is 7.80. The lowest BCUT2D eigenvalue weighted by molar-refractivity contribution is -0.117. The predicted molar refractivity (Wildman–Crippen MR) is 96.8 cm³/mol. The summed E-state index contributed by atoms with van der Waals surface area (Å²) in [5.41, 5.74) is 0.928. The molecule has 1 aliphatic heterocycles. The van der Waals surface area contributed by atoms with Gasteiger partial charge in [0.05, 0.1) is 41.8 Å². The lowest BCUT2D eigenvalue weighted by Gasteiger charge is -2.26. The van der Waals surface area contributed by atoms with Crippen molar-refractivity contribution in [1.29, 1.82) is 0 Å². The summed E-state index contributed by atoms with van der Waals surface area (Å²) in [6.45, 7) is 4.78. The smallest absolute Gasteiger partial charge is 0.235 e. The van der Waals surface area contributed by atoms with Gasteiger partial charge in [0.15, 0.2) is 0 Å². The molecule has 1 amide bonds. The molecule has 0 aromatic heterocycles. The maximum atomic E-state index is 12.2. The Morgan fingerprint density at radius 3 is 2.57 bits per heavy atom. The highest BCUT2D eigenvalue weighted by molar-refractivity contribution is 14.1. The van der Waals surface area contributed by atoms with Gasteiger partial charge >= 0.3 is 0 Å². The second kappa shape index (κ2) is 9.07. The van der Waals surface area contributed by atoms with Gasteiger partial charge in [-0.15, -0.1) is 0 Å². The number of anilines is 1. The predicted octanol–water partition coefficient (Wildman–Crippen LogP) is 3.63. The van der Waals surface area contributed by atoms with Crippen LogP contribution in [0.25, 0.3) is 0 Å². The second-order valence-electron chi connectivity index (χ2n) is 5.06. The van der Waals surface area contributed by atoms with Crippen molar-refractivity contribution in [3.63, 3.8) is 0 Å². The van der Waals surface area contributed by atoms with Crippen LogP contribution in [0.4, 0.5) is 5.69 Å². The van der Waals surface area contributed by atoms with Crippen LogP contribution in [0, 0.1) is 0 Å². The van der Waals surface area contributed by atoms with Crippen molar-refractivity contribution in [1.82, 2.24) is 4.90 Å². The van der Waals surface area contributed by atoms with Crippen molar-refractivity contribution in [3.05, 3.63) is 28.7 Å². The van der Waals surface area contributed by atoms with Crippen LogP contribution in [0.5, 0.6) is 0 Å². The number of ether oxygens (including phenoxy) is 1. The van der Waals surface area contributed by atoms with Gasteiger partial charge in [0, 0.05) is 24.0 Å². The van der Waals surface area contributed by atoms with Crippen LogP contribution < -0.4 is 3.11 Å². The third kappa shape index (κ3) is 5.84. The summed E-state index contributed by atoms with van der Waals surface area (Å²) in [7, 11) is 0. The van der Waals surface area contributed by atoms with Crippen LogP contribution in [0.15, 0.2) is 28.7 Å². The summed E-state index contributed by atoms with van der Waals surface area (Å²) in [5, 5.41) is 0. The van der Waals surface area contributed by atoms with Gasteiger partial charge in [0.25, 0.3) is 0 Å². The molecular weight excluding hydrogens is 447 g/mol. The number of rotatable bonds is 6. The monoisotopic (exact) mass is 466 g/mol. The topological polar surface area (TPSA) is 32.8 Å². The minimum absolute atomic E-state index is 0.167. The van der Waals surface area contributed by atoms with Crippen LogP contribution >= 0.6 is 38.8 Å². The highest BCUT2D eigenvalue weighted by atomic mass is 127. The number of benzene rings is 1. The first-order chi connectivity index (χ1) is 10.2. The normalized spacial score (nSPS) is 15.9. The van der Waals surface area contributed by atoms with Crippen LogP contribution in [0.1, 0.15) is 19.3 Å². The van der Waals surface area contributed by atoms with E-state index in [4.69, 9.17) is 4.74 Å². The lowest BCUT2D eigenvalue weighted by Crippen LogP contribution is -2.36. The first-order valence-corrected chi connectivity index (χ1v) is 8.97. The SMILES string of the molecule is O=C(CCCCN1CCOCC1)N(I)c1ccc(Br)cc1. The minimum Gasteiger partial charge on any atom is -0.379 e. The standard InChI is InChI=1S/C15H20BrIN2O2/c16-13-4-6-14(7-5-13)19(17)15(20)3-1-2-8-18-9-11-21-12-10-18/h4-7H,1-3,8-12H2. The molecule has 21 heavy (non-hydrogen) atoms. The Balaban J connectivity index is 1.67. The Bertz CT molecular complexity index is 449. The van der Waals surface area contributed by atoms with E-state index < -0.39 is 0 Å². The summed E-state index contributed by atoms with van der Waals surface area (Å²) in [6.07, 6.45) is 2.60. The van der Waals surface area contributed by atoms with E-state index in [9.17, 15) is 4.79 Å². The Hall–Kier alpha value is -0.180. The van der Waals surface area contributed by atoms with Crippen molar-refractivity contribution >= 4 is 50.4 Å². The first-order valence-electron chi connectivity index (χ1n) is 7.21. The van der Waals surface area contributed by atoms with E-state index in [-0.39, 0.29) is 5.91 Å². The van der Waals surface area contributed by atoms with E-state index in [0.29, 0.717) is 6.42 Å². The van der Waals surface area contributed by atoms with Gasteiger partial charge in [-0.2, -0.15) is 0 Å². The largest absolute Gasteiger partial charge is 0.379 e. The van der Waals surface area contributed by atoms with E-state index in [2.05, 4.69) is 43.7 Å². The lowest BCUT2D eigenvalue weighted by atomic mass is 10.2. The number of carbonyl (C=O) groups excluding carboxylic acids is 1. The summed E-state index contributed by atoms with van der Waals surface area (Å²) < 4.78 is 8.06. The molecule has 1 heterocycles. The van der Waals surface area contributed by atoms with Crippen LogP contribution in [-0.2, 0) is 9.53 Å². The molecule has 0 aliphatic carbocycles. The fraction of sp³-hybridized carbons (Fsp3) is 0.533. The van der Waals surface area contributed by atoms with E-state index >= 15 is 0 Å². The highest BCUT2D eigenvalue weighted by Crippen LogP contribution is 2.22. The van der Waals surface area contributed by atoms with E-state index in [1.54, 1.807) is 3.11 Å². The van der Waals surface area contributed by atoms with Crippen molar-refractivity contribution in [2.75, 3.05) is 36.0 Å². The van der Waals surface area contributed by atoms with Gasteiger partial charge in [-0.05, 0) is 43.7 Å². The molecule has 1 fully saturated rings. The zero-order chi connectivity index (χ0) is 15.1. The van der Waals surface area contributed by atoms with E-state index in [0.717, 1.165) is 55.8 Å². The summed E-state index contributed by atoms with van der Waals surface area (Å²) in [5.74, 6) is 0.167. The fourth-order valence-electron chi connectivity index (χ4n) is 2.25. The molecule has 1 aromatic rings. The number of amides is 1. The summed E-state index contributed by atoms with van der Waals surface area (Å²) >= 11 is 5.48. The number of halogens is 2. The molecule has 116 valence electrons. The average Bonchev–Trinajstić information content (AvgIpc) is 2.52. The second-order valence-corrected chi connectivity index (χ2v) is 6.94. The molecule has 0 radical (unpaired) electrons. The van der Waals surface area contributed by atoms with Crippen molar-refractivity contribution in [2.24, 2.45) is 0 Å². The van der Waals surface area contributed by atoms with Crippen molar-refractivity contribution in [2.45, 2.75) is 19.3 Å². The van der Waals surface area contributed by atoms with E-state index in [1.807, 2.05) is 24.3 Å². The molecule has 0 saturated carbocycles. The quantitative estimate of drug-likeness (QED) is 0.364. The molecule has 0 bridgehead atoms. The zero-order valence-electron chi connectivity index (χ0n) is 11.9. The van der Waals surface area contributed by atoms with Gasteiger partial charge in [0.1, 0.15) is 0 Å². The molecule has 0 spiro atoms. The Morgan fingerprint density at radius 1 is 1.24 bits per heavy atom. The Kier molecular flexibility index (Phi) is 7.42.